The maximum absolute atomic E-state index is 11.4. The lowest BCUT2D eigenvalue weighted by Crippen LogP contribution is -2.29. The summed E-state index contributed by atoms with van der Waals surface area (Å²) in [5.41, 5.74) is 7.25. The van der Waals surface area contributed by atoms with Crippen molar-refractivity contribution in [3.63, 3.8) is 0 Å². The first-order valence-electron chi connectivity index (χ1n) is 5.86. The molecule has 6 heteroatoms. The van der Waals surface area contributed by atoms with Gasteiger partial charge in [0.2, 0.25) is 11.8 Å². The molecular weight excluding hydrogens is 266 g/mol. The first-order valence-corrected chi connectivity index (χ1v) is 5.86. The molecule has 0 saturated heterocycles. The molecule has 1 rings (SSSR count). The lowest BCUT2D eigenvalue weighted by molar-refractivity contribution is -0.121. The number of amides is 2. The van der Waals surface area contributed by atoms with Crippen molar-refractivity contribution in [1.82, 2.24) is 5.32 Å². The second kappa shape index (κ2) is 8.50. The molecule has 0 saturated carbocycles. The van der Waals surface area contributed by atoms with Crippen molar-refractivity contribution in [3.8, 4) is 0 Å². The van der Waals surface area contributed by atoms with Crippen LogP contribution in [-0.2, 0) is 16.1 Å². The summed E-state index contributed by atoms with van der Waals surface area (Å²) in [5.74, 6) is -0.163. The molecule has 0 fully saturated rings. The second-order valence-electron chi connectivity index (χ2n) is 4.34. The minimum absolute atomic E-state index is 0. The number of nitrogens with two attached hydrogens (primary N) is 1. The Balaban J connectivity index is 0.00000324. The van der Waals surface area contributed by atoms with E-state index < -0.39 is 0 Å². The van der Waals surface area contributed by atoms with E-state index in [1.165, 1.54) is 6.92 Å². The number of anilines is 1. The molecule has 0 spiro atoms. The minimum atomic E-state index is -0.132. The Bertz CT molecular complexity index is 418. The van der Waals surface area contributed by atoms with Crippen LogP contribution < -0.4 is 16.4 Å². The quantitative estimate of drug-likeness (QED) is 0.765. The molecule has 0 heterocycles. The average molecular weight is 286 g/mol. The highest BCUT2D eigenvalue weighted by atomic mass is 35.5. The monoisotopic (exact) mass is 285 g/mol. The predicted molar refractivity (Wildman–Crippen MR) is 78.1 cm³/mol. The van der Waals surface area contributed by atoms with Crippen molar-refractivity contribution in [3.05, 3.63) is 29.8 Å². The van der Waals surface area contributed by atoms with Gasteiger partial charge in [-0.05, 0) is 24.6 Å². The third kappa shape index (κ3) is 7.43. The first-order chi connectivity index (χ1) is 8.47. The van der Waals surface area contributed by atoms with Gasteiger partial charge in [0, 0.05) is 31.6 Å². The maximum atomic E-state index is 11.4. The summed E-state index contributed by atoms with van der Waals surface area (Å²) in [6.45, 7) is 3.72. The van der Waals surface area contributed by atoms with Gasteiger partial charge < -0.3 is 16.4 Å². The molecule has 1 unspecified atom stereocenters. The Morgan fingerprint density at radius 2 is 1.84 bits per heavy atom. The van der Waals surface area contributed by atoms with Crippen molar-refractivity contribution < 1.29 is 9.59 Å². The summed E-state index contributed by atoms with van der Waals surface area (Å²) in [7, 11) is 0. The third-order valence-electron chi connectivity index (χ3n) is 2.27. The standard InChI is InChI=1S/C13H19N3O2.ClH/c1-9(14)7-13(18)15-8-11-3-5-12(6-4-11)16-10(2)17;/h3-6,9H,7-8,14H2,1-2H3,(H,15,18)(H,16,17);1H. The van der Waals surface area contributed by atoms with E-state index in [4.69, 9.17) is 5.73 Å². The van der Waals surface area contributed by atoms with Crippen LogP contribution >= 0.6 is 12.4 Å². The Morgan fingerprint density at radius 3 is 2.32 bits per heavy atom. The van der Waals surface area contributed by atoms with Crippen LogP contribution in [0.5, 0.6) is 0 Å². The number of carbonyl (C=O) groups is 2. The highest BCUT2D eigenvalue weighted by Crippen LogP contribution is 2.09. The molecule has 0 aliphatic rings. The first kappa shape index (κ1) is 17.4. The van der Waals surface area contributed by atoms with E-state index in [1.54, 1.807) is 19.1 Å². The van der Waals surface area contributed by atoms with Crippen LogP contribution in [0.2, 0.25) is 0 Å². The maximum Gasteiger partial charge on any atom is 0.221 e. The van der Waals surface area contributed by atoms with Crippen molar-refractivity contribution in [2.45, 2.75) is 32.9 Å². The summed E-state index contributed by atoms with van der Waals surface area (Å²) in [4.78, 5) is 22.2. The van der Waals surface area contributed by atoms with Gasteiger partial charge in [-0.3, -0.25) is 9.59 Å². The van der Waals surface area contributed by atoms with Gasteiger partial charge in [0.05, 0.1) is 0 Å². The summed E-state index contributed by atoms with van der Waals surface area (Å²) in [6, 6.07) is 7.18. The molecule has 1 atom stereocenters. The van der Waals surface area contributed by atoms with Crippen molar-refractivity contribution in [2.75, 3.05) is 5.32 Å². The van der Waals surface area contributed by atoms with Gasteiger partial charge in [0.15, 0.2) is 0 Å². The summed E-state index contributed by atoms with van der Waals surface area (Å²) in [5, 5.41) is 5.46. The van der Waals surface area contributed by atoms with E-state index in [2.05, 4.69) is 10.6 Å². The number of carbonyl (C=O) groups excluding carboxylic acids is 2. The number of hydrogen-bond acceptors (Lipinski definition) is 3. The molecule has 0 aliphatic heterocycles. The molecule has 0 aromatic heterocycles. The van der Waals surface area contributed by atoms with Crippen LogP contribution in [0, 0.1) is 0 Å². The number of halogens is 1. The summed E-state index contributed by atoms with van der Waals surface area (Å²) >= 11 is 0. The SMILES string of the molecule is CC(=O)Nc1ccc(CNC(=O)CC(C)N)cc1.Cl. The summed E-state index contributed by atoms with van der Waals surface area (Å²) < 4.78 is 0. The van der Waals surface area contributed by atoms with Gasteiger partial charge in [0.25, 0.3) is 0 Å². The Hall–Kier alpha value is -1.59. The van der Waals surface area contributed by atoms with Gasteiger partial charge >= 0.3 is 0 Å². The summed E-state index contributed by atoms with van der Waals surface area (Å²) in [6.07, 6.45) is 0.323. The molecule has 5 nitrogen and oxygen atoms in total. The molecule has 4 N–H and O–H groups in total. The molecule has 0 radical (unpaired) electrons. The van der Waals surface area contributed by atoms with E-state index in [9.17, 15) is 9.59 Å². The van der Waals surface area contributed by atoms with Gasteiger partial charge in [-0.2, -0.15) is 0 Å². The number of rotatable bonds is 5. The van der Waals surface area contributed by atoms with Crippen molar-refractivity contribution in [1.29, 1.82) is 0 Å². The molecule has 0 bridgehead atoms. The van der Waals surface area contributed by atoms with Crippen LogP contribution in [0.3, 0.4) is 0 Å². The normalized spacial score (nSPS) is 11.1. The van der Waals surface area contributed by atoms with Gasteiger partial charge in [-0.1, -0.05) is 12.1 Å². The van der Waals surface area contributed by atoms with Crippen LogP contribution in [0.4, 0.5) is 5.69 Å². The molecule has 19 heavy (non-hydrogen) atoms. The number of benzene rings is 1. The smallest absolute Gasteiger partial charge is 0.221 e. The Morgan fingerprint density at radius 1 is 1.26 bits per heavy atom. The van der Waals surface area contributed by atoms with E-state index in [0.717, 1.165) is 11.3 Å². The number of nitrogens with one attached hydrogen (secondary N) is 2. The van der Waals surface area contributed by atoms with Crippen molar-refractivity contribution >= 4 is 29.9 Å². The lowest BCUT2D eigenvalue weighted by Gasteiger charge is -2.08. The highest BCUT2D eigenvalue weighted by Gasteiger charge is 2.04. The molecule has 1 aromatic carbocycles. The average Bonchev–Trinajstić information content (AvgIpc) is 2.26. The lowest BCUT2D eigenvalue weighted by atomic mass is 10.2. The fourth-order valence-electron chi connectivity index (χ4n) is 1.47. The van der Waals surface area contributed by atoms with E-state index in [-0.39, 0.29) is 30.3 Å². The predicted octanol–water partition coefficient (Wildman–Crippen LogP) is 1.42. The zero-order valence-electron chi connectivity index (χ0n) is 11.1. The molecule has 2 amide bonds. The van der Waals surface area contributed by atoms with Gasteiger partial charge in [-0.25, -0.2) is 0 Å². The topological polar surface area (TPSA) is 84.2 Å². The zero-order valence-corrected chi connectivity index (χ0v) is 11.9. The zero-order chi connectivity index (χ0) is 13.5. The highest BCUT2D eigenvalue weighted by molar-refractivity contribution is 5.88. The molecule has 106 valence electrons. The van der Waals surface area contributed by atoms with Crippen LogP contribution in [0.15, 0.2) is 24.3 Å². The van der Waals surface area contributed by atoms with E-state index >= 15 is 0 Å². The Labute approximate surface area is 119 Å². The molecule has 0 aliphatic carbocycles. The van der Waals surface area contributed by atoms with Gasteiger partial charge in [-0.15, -0.1) is 12.4 Å². The third-order valence-corrected chi connectivity index (χ3v) is 2.27. The largest absolute Gasteiger partial charge is 0.352 e. The molecular formula is C13H20ClN3O2. The van der Waals surface area contributed by atoms with Crippen LogP contribution in [-0.4, -0.2) is 17.9 Å². The van der Waals surface area contributed by atoms with Crippen molar-refractivity contribution in [2.24, 2.45) is 5.73 Å². The van der Waals surface area contributed by atoms with E-state index in [1.807, 2.05) is 12.1 Å². The fourth-order valence-corrected chi connectivity index (χ4v) is 1.47. The van der Waals surface area contributed by atoms with E-state index in [0.29, 0.717) is 13.0 Å². The number of hydrogen-bond donors (Lipinski definition) is 3. The van der Waals surface area contributed by atoms with Crippen LogP contribution in [0.1, 0.15) is 25.8 Å². The second-order valence-corrected chi connectivity index (χ2v) is 4.34. The Kier molecular flexibility index (Phi) is 7.79. The van der Waals surface area contributed by atoms with Crippen LogP contribution in [0.25, 0.3) is 0 Å². The molecule has 1 aromatic rings. The fraction of sp³-hybridized carbons (Fsp3) is 0.385. The minimum Gasteiger partial charge on any atom is -0.352 e. The van der Waals surface area contributed by atoms with Gasteiger partial charge in [0.1, 0.15) is 0 Å².